The Labute approximate surface area is 107 Å². The quantitative estimate of drug-likeness (QED) is 0.668. The molecule has 1 aromatic heterocycles. The van der Waals surface area contributed by atoms with Gasteiger partial charge in [0, 0.05) is 18.3 Å². The van der Waals surface area contributed by atoms with Gasteiger partial charge < -0.3 is 15.4 Å². The Kier molecular flexibility index (Phi) is 5.09. The lowest BCUT2D eigenvalue weighted by Gasteiger charge is -2.13. The highest BCUT2D eigenvalue weighted by Gasteiger charge is 2.12. The molecule has 0 fully saturated rings. The lowest BCUT2D eigenvalue weighted by molar-refractivity contribution is 0.0896. The van der Waals surface area contributed by atoms with Crippen molar-refractivity contribution < 1.29 is 14.7 Å². The van der Waals surface area contributed by atoms with Crippen LogP contribution in [-0.4, -0.2) is 34.4 Å². The number of ketones is 1. The monoisotopic (exact) mass is 252 g/mol. The maximum Gasteiger partial charge on any atom is 0.267 e. The summed E-state index contributed by atoms with van der Waals surface area (Å²) in [5.41, 5.74) is 0.805. The van der Waals surface area contributed by atoms with Gasteiger partial charge in [-0.25, -0.2) is 0 Å². The minimum absolute atomic E-state index is 0.0925. The highest BCUT2D eigenvalue weighted by Crippen LogP contribution is 2.06. The molecule has 18 heavy (non-hydrogen) atoms. The van der Waals surface area contributed by atoms with Crippen LogP contribution in [0.25, 0.3) is 0 Å². The minimum atomic E-state index is -0.545. The number of Topliss-reactive ketones (excluding diaryl/α,β-unsaturated/α-hetero) is 1. The number of rotatable bonds is 6. The van der Waals surface area contributed by atoms with Gasteiger partial charge in [0.15, 0.2) is 5.78 Å². The highest BCUT2D eigenvalue weighted by molar-refractivity contribution is 5.99. The maximum absolute atomic E-state index is 11.7. The normalized spacial score (nSPS) is 12.5. The topological polar surface area (TPSA) is 82.2 Å². The van der Waals surface area contributed by atoms with Crippen molar-refractivity contribution in [1.82, 2.24) is 10.3 Å². The molecular formula is C13H20N2O3. The standard InChI is InChI=1S/C13H20N2O3/c1-8(2)4-11(17)7-15-13(18)12-5-10(6-14-12)9(3)16/h5-6,8,11,14,17H,4,7H2,1-3H3,(H,15,18). The van der Waals surface area contributed by atoms with Crippen molar-refractivity contribution in [3.63, 3.8) is 0 Å². The van der Waals surface area contributed by atoms with Gasteiger partial charge in [-0.1, -0.05) is 13.8 Å². The zero-order valence-corrected chi connectivity index (χ0v) is 11.0. The van der Waals surface area contributed by atoms with Crippen LogP contribution in [0.4, 0.5) is 0 Å². The third kappa shape index (κ3) is 4.33. The molecule has 0 radical (unpaired) electrons. The Hall–Kier alpha value is -1.62. The molecule has 100 valence electrons. The minimum Gasteiger partial charge on any atom is -0.391 e. The van der Waals surface area contributed by atoms with E-state index < -0.39 is 6.10 Å². The number of aromatic amines is 1. The Bertz CT molecular complexity index is 424. The molecule has 0 aliphatic heterocycles. The van der Waals surface area contributed by atoms with Crippen molar-refractivity contribution in [2.45, 2.75) is 33.3 Å². The van der Waals surface area contributed by atoms with Crippen molar-refractivity contribution >= 4 is 11.7 Å². The van der Waals surface area contributed by atoms with Crippen molar-refractivity contribution in [3.05, 3.63) is 23.5 Å². The predicted molar refractivity (Wildman–Crippen MR) is 68.6 cm³/mol. The number of amides is 1. The SMILES string of the molecule is CC(=O)c1c[nH]c(C(=O)NCC(O)CC(C)C)c1. The van der Waals surface area contributed by atoms with Crippen LogP contribution in [0, 0.1) is 5.92 Å². The number of hydrogen-bond donors (Lipinski definition) is 3. The zero-order chi connectivity index (χ0) is 13.7. The van der Waals surface area contributed by atoms with Crippen molar-refractivity contribution in [2.75, 3.05) is 6.54 Å². The molecule has 3 N–H and O–H groups in total. The highest BCUT2D eigenvalue weighted by atomic mass is 16.3. The van der Waals surface area contributed by atoms with Crippen molar-refractivity contribution in [1.29, 1.82) is 0 Å². The summed E-state index contributed by atoms with van der Waals surface area (Å²) in [4.78, 5) is 25.5. The van der Waals surface area contributed by atoms with E-state index in [1.54, 1.807) is 0 Å². The van der Waals surface area contributed by atoms with E-state index >= 15 is 0 Å². The first-order valence-corrected chi connectivity index (χ1v) is 6.05. The number of nitrogens with one attached hydrogen (secondary N) is 2. The van der Waals surface area contributed by atoms with E-state index in [0.29, 0.717) is 23.6 Å². The fraction of sp³-hybridized carbons (Fsp3) is 0.538. The predicted octanol–water partition coefficient (Wildman–Crippen LogP) is 1.35. The summed E-state index contributed by atoms with van der Waals surface area (Å²) in [6, 6.07) is 1.51. The molecule has 0 saturated heterocycles. The molecule has 0 saturated carbocycles. The van der Waals surface area contributed by atoms with Crippen LogP contribution >= 0.6 is 0 Å². The molecule has 0 aromatic carbocycles. The third-order valence-electron chi connectivity index (χ3n) is 2.58. The van der Waals surface area contributed by atoms with Crippen LogP contribution in [-0.2, 0) is 0 Å². The van der Waals surface area contributed by atoms with Gasteiger partial charge in [-0.2, -0.15) is 0 Å². The van der Waals surface area contributed by atoms with Gasteiger partial charge in [0.1, 0.15) is 5.69 Å². The Morgan fingerprint density at radius 1 is 1.44 bits per heavy atom. The van der Waals surface area contributed by atoms with Crippen LogP contribution < -0.4 is 5.32 Å². The largest absolute Gasteiger partial charge is 0.391 e. The van der Waals surface area contributed by atoms with E-state index in [1.165, 1.54) is 19.2 Å². The van der Waals surface area contributed by atoms with Gasteiger partial charge in [0.05, 0.1) is 6.10 Å². The molecule has 1 unspecified atom stereocenters. The summed E-state index contributed by atoms with van der Waals surface area (Å²) >= 11 is 0. The van der Waals surface area contributed by atoms with E-state index in [4.69, 9.17) is 0 Å². The number of hydrogen-bond acceptors (Lipinski definition) is 3. The van der Waals surface area contributed by atoms with Crippen LogP contribution in [0.3, 0.4) is 0 Å². The molecule has 5 heteroatoms. The third-order valence-corrected chi connectivity index (χ3v) is 2.58. The first kappa shape index (κ1) is 14.4. The Morgan fingerprint density at radius 3 is 2.61 bits per heavy atom. The number of H-pyrrole nitrogens is 1. The average molecular weight is 252 g/mol. The molecule has 1 rings (SSSR count). The second-order valence-electron chi connectivity index (χ2n) is 4.85. The van der Waals surface area contributed by atoms with Crippen molar-refractivity contribution in [3.8, 4) is 0 Å². The van der Waals surface area contributed by atoms with Crippen molar-refractivity contribution in [2.24, 2.45) is 5.92 Å². The van der Waals surface area contributed by atoms with Crippen LogP contribution in [0.5, 0.6) is 0 Å². The van der Waals surface area contributed by atoms with E-state index in [1.807, 2.05) is 13.8 Å². The van der Waals surface area contributed by atoms with Gasteiger partial charge in [-0.15, -0.1) is 0 Å². The van der Waals surface area contributed by atoms with Crippen LogP contribution in [0.15, 0.2) is 12.3 Å². The first-order valence-electron chi connectivity index (χ1n) is 6.05. The zero-order valence-electron chi connectivity index (χ0n) is 11.0. The van der Waals surface area contributed by atoms with E-state index in [9.17, 15) is 14.7 Å². The molecule has 0 bridgehead atoms. The van der Waals surface area contributed by atoms with Crippen LogP contribution in [0.1, 0.15) is 48.0 Å². The molecule has 5 nitrogen and oxygen atoms in total. The van der Waals surface area contributed by atoms with E-state index in [0.717, 1.165) is 0 Å². The fourth-order valence-electron chi connectivity index (χ4n) is 1.66. The van der Waals surface area contributed by atoms with Gasteiger partial charge in [0.25, 0.3) is 5.91 Å². The number of aliphatic hydroxyl groups is 1. The second kappa shape index (κ2) is 6.35. The van der Waals surface area contributed by atoms with Gasteiger partial charge in [0.2, 0.25) is 0 Å². The van der Waals surface area contributed by atoms with E-state index in [2.05, 4.69) is 10.3 Å². The number of aliphatic hydroxyl groups excluding tert-OH is 1. The maximum atomic E-state index is 11.7. The van der Waals surface area contributed by atoms with Gasteiger partial charge in [-0.05, 0) is 25.3 Å². The molecule has 1 atom stereocenters. The van der Waals surface area contributed by atoms with Gasteiger partial charge in [-0.3, -0.25) is 9.59 Å². The molecule has 1 heterocycles. The lowest BCUT2D eigenvalue weighted by Crippen LogP contribution is -2.32. The molecule has 0 spiro atoms. The van der Waals surface area contributed by atoms with E-state index in [-0.39, 0.29) is 18.2 Å². The summed E-state index contributed by atoms with van der Waals surface area (Å²) < 4.78 is 0. The average Bonchev–Trinajstić information content (AvgIpc) is 2.74. The van der Waals surface area contributed by atoms with Crippen LogP contribution in [0.2, 0.25) is 0 Å². The first-order chi connectivity index (χ1) is 8.40. The summed E-state index contributed by atoms with van der Waals surface area (Å²) in [6.45, 7) is 5.67. The Morgan fingerprint density at radius 2 is 2.11 bits per heavy atom. The molecule has 1 amide bonds. The summed E-state index contributed by atoms with van der Waals surface area (Å²) in [6.07, 6.45) is 1.60. The summed E-state index contributed by atoms with van der Waals surface area (Å²) in [5, 5.41) is 12.3. The summed E-state index contributed by atoms with van der Waals surface area (Å²) in [5.74, 6) is -0.0258. The number of carbonyl (C=O) groups excluding carboxylic acids is 2. The fourth-order valence-corrected chi connectivity index (χ4v) is 1.66. The molecule has 0 aliphatic rings. The lowest BCUT2D eigenvalue weighted by atomic mass is 10.1. The molecular weight excluding hydrogens is 232 g/mol. The smallest absolute Gasteiger partial charge is 0.267 e. The molecule has 1 aromatic rings. The second-order valence-corrected chi connectivity index (χ2v) is 4.85. The Balaban J connectivity index is 2.47. The summed E-state index contributed by atoms with van der Waals surface area (Å²) in [7, 11) is 0. The van der Waals surface area contributed by atoms with Gasteiger partial charge >= 0.3 is 0 Å². The number of aromatic nitrogens is 1. The number of carbonyl (C=O) groups is 2. The molecule has 0 aliphatic carbocycles.